The van der Waals surface area contributed by atoms with Crippen LogP contribution in [0.2, 0.25) is 0 Å². The number of aromatic nitrogens is 2. The average molecular weight is 260 g/mol. The molecule has 19 heavy (non-hydrogen) atoms. The summed E-state index contributed by atoms with van der Waals surface area (Å²) in [5.41, 5.74) is 1.56. The highest BCUT2D eigenvalue weighted by Gasteiger charge is 2.17. The minimum Gasteiger partial charge on any atom is -0.375 e. The summed E-state index contributed by atoms with van der Waals surface area (Å²) in [5.74, 6) is 0. The van der Waals surface area contributed by atoms with Crippen LogP contribution in [0.1, 0.15) is 12.5 Å². The van der Waals surface area contributed by atoms with Crippen LogP contribution in [0.5, 0.6) is 0 Å². The lowest BCUT2D eigenvalue weighted by molar-refractivity contribution is -0.384. The molecule has 2 aromatic rings. The van der Waals surface area contributed by atoms with Gasteiger partial charge in [0.1, 0.15) is 5.69 Å². The van der Waals surface area contributed by atoms with Crippen LogP contribution in [0, 0.1) is 17.0 Å². The van der Waals surface area contributed by atoms with Crippen molar-refractivity contribution in [2.45, 2.75) is 26.4 Å². The molecule has 1 atom stereocenters. The van der Waals surface area contributed by atoms with Crippen molar-refractivity contribution in [1.82, 2.24) is 9.55 Å². The Labute approximate surface area is 111 Å². The second-order valence-electron chi connectivity index (χ2n) is 4.53. The van der Waals surface area contributed by atoms with Gasteiger partial charge >= 0.3 is 0 Å². The molecule has 6 nitrogen and oxygen atoms in total. The van der Waals surface area contributed by atoms with Gasteiger partial charge in [-0.1, -0.05) is 12.1 Å². The largest absolute Gasteiger partial charge is 0.375 e. The number of nitrogens with zero attached hydrogens (tertiary/aromatic N) is 3. The summed E-state index contributed by atoms with van der Waals surface area (Å²) in [7, 11) is 0. The van der Waals surface area contributed by atoms with Crippen LogP contribution in [-0.2, 0) is 6.54 Å². The van der Waals surface area contributed by atoms with Crippen molar-refractivity contribution in [1.29, 1.82) is 0 Å². The Hall–Kier alpha value is -2.37. The molecule has 100 valence electrons. The van der Waals surface area contributed by atoms with Crippen LogP contribution in [-0.4, -0.2) is 20.5 Å². The third-order valence-corrected chi connectivity index (χ3v) is 2.88. The van der Waals surface area contributed by atoms with Gasteiger partial charge in [-0.2, -0.15) is 0 Å². The van der Waals surface area contributed by atoms with E-state index in [0.717, 1.165) is 5.56 Å². The monoisotopic (exact) mass is 260 g/mol. The molecule has 0 saturated heterocycles. The number of imidazole rings is 1. The number of para-hydroxylation sites is 1. The van der Waals surface area contributed by atoms with E-state index in [1.807, 2.05) is 30.7 Å². The maximum atomic E-state index is 11.0. The van der Waals surface area contributed by atoms with Crippen molar-refractivity contribution in [3.05, 3.63) is 52.6 Å². The lowest BCUT2D eigenvalue weighted by atomic mass is 10.1. The van der Waals surface area contributed by atoms with Gasteiger partial charge in [0.05, 0.1) is 11.3 Å². The number of aryl methyl sites for hydroxylation is 1. The van der Waals surface area contributed by atoms with Crippen molar-refractivity contribution in [3.63, 3.8) is 0 Å². The summed E-state index contributed by atoms with van der Waals surface area (Å²) in [5, 5.41) is 14.2. The normalized spacial score (nSPS) is 12.1. The summed E-state index contributed by atoms with van der Waals surface area (Å²) >= 11 is 0. The minimum atomic E-state index is -0.362. The molecule has 1 unspecified atom stereocenters. The molecule has 0 aliphatic heterocycles. The number of rotatable bonds is 5. The van der Waals surface area contributed by atoms with Gasteiger partial charge in [0, 0.05) is 31.0 Å². The van der Waals surface area contributed by atoms with Crippen molar-refractivity contribution < 1.29 is 4.92 Å². The molecule has 1 aromatic heterocycles. The Morgan fingerprint density at radius 3 is 2.95 bits per heavy atom. The fourth-order valence-corrected chi connectivity index (χ4v) is 2.00. The van der Waals surface area contributed by atoms with Gasteiger partial charge in [-0.05, 0) is 19.4 Å². The van der Waals surface area contributed by atoms with Crippen molar-refractivity contribution in [3.8, 4) is 0 Å². The minimum absolute atomic E-state index is 0.0639. The van der Waals surface area contributed by atoms with E-state index < -0.39 is 0 Å². The number of nitrogens with one attached hydrogen (secondary N) is 1. The van der Waals surface area contributed by atoms with Crippen LogP contribution in [0.3, 0.4) is 0 Å². The number of nitro groups is 1. The third-order valence-electron chi connectivity index (χ3n) is 2.88. The molecule has 0 aliphatic carbocycles. The predicted octanol–water partition coefficient (Wildman–Crippen LogP) is 2.60. The maximum Gasteiger partial charge on any atom is 0.292 e. The summed E-state index contributed by atoms with van der Waals surface area (Å²) in [6.45, 7) is 4.54. The van der Waals surface area contributed by atoms with Gasteiger partial charge in [0.15, 0.2) is 0 Å². The second kappa shape index (κ2) is 5.51. The molecule has 0 fully saturated rings. The standard InChI is InChI=1S/C13H16N4O2/c1-10-4-3-5-12(17(18)19)13(10)15-11(2)8-16-7-6-14-9-16/h3-7,9,11,15H,8H2,1-2H3. The number of hydrogen-bond donors (Lipinski definition) is 1. The van der Waals surface area contributed by atoms with Gasteiger partial charge in [0.25, 0.3) is 5.69 Å². The van der Waals surface area contributed by atoms with E-state index in [0.29, 0.717) is 12.2 Å². The Morgan fingerprint density at radius 2 is 2.32 bits per heavy atom. The molecule has 6 heteroatoms. The van der Waals surface area contributed by atoms with Crippen LogP contribution < -0.4 is 5.32 Å². The van der Waals surface area contributed by atoms with Crippen molar-refractivity contribution >= 4 is 11.4 Å². The molecule has 0 spiro atoms. The first-order valence-corrected chi connectivity index (χ1v) is 6.04. The number of benzene rings is 1. The highest BCUT2D eigenvalue weighted by atomic mass is 16.6. The van der Waals surface area contributed by atoms with Crippen LogP contribution in [0.15, 0.2) is 36.9 Å². The van der Waals surface area contributed by atoms with Crippen molar-refractivity contribution in [2.75, 3.05) is 5.32 Å². The van der Waals surface area contributed by atoms with E-state index in [-0.39, 0.29) is 16.7 Å². The first-order valence-electron chi connectivity index (χ1n) is 6.04. The van der Waals surface area contributed by atoms with E-state index in [4.69, 9.17) is 0 Å². The van der Waals surface area contributed by atoms with E-state index in [1.54, 1.807) is 18.6 Å². The van der Waals surface area contributed by atoms with Gasteiger partial charge < -0.3 is 9.88 Å². The lowest BCUT2D eigenvalue weighted by Gasteiger charge is -2.17. The number of nitro benzene ring substituents is 1. The first-order chi connectivity index (χ1) is 9.08. The molecular formula is C13H16N4O2. The van der Waals surface area contributed by atoms with Crippen LogP contribution in [0.25, 0.3) is 0 Å². The molecule has 0 aliphatic rings. The smallest absolute Gasteiger partial charge is 0.292 e. The quantitative estimate of drug-likeness (QED) is 0.662. The van der Waals surface area contributed by atoms with Crippen molar-refractivity contribution in [2.24, 2.45) is 0 Å². The summed E-state index contributed by atoms with van der Waals surface area (Å²) in [6.07, 6.45) is 5.30. The van der Waals surface area contributed by atoms with Gasteiger partial charge in [0.2, 0.25) is 0 Å². The molecule has 1 N–H and O–H groups in total. The van der Waals surface area contributed by atoms with Gasteiger partial charge in [-0.25, -0.2) is 4.98 Å². The highest BCUT2D eigenvalue weighted by molar-refractivity contribution is 5.66. The van der Waals surface area contributed by atoms with Gasteiger partial charge in [-0.15, -0.1) is 0 Å². The molecule has 2 rings (SSSR count). The molecule has 0 amide bonds. The Bertz CT molecular complexity index is 566. The van der Waals surface area contributed by atoms with E-state index in [1.165, 1.54) is 6.07 Å². The van der Waals surface area contributed by atoms with E-state index in [2.05, 4.69) is 10.3 Å². The van der Waals surface area contributed by atoms with E-state index in [9.17, 15) is 10.1 Å². The second-order valence-corrected chi connectivity index (χ2v) is 4.53. The number of hydrogen-bond acceptors (Lipinski definition) is 4. The SMILES string of the molecule is Cc1cccc([N+](=O)[O-])c1NC(C)Cn1ccnc1. The summed E-state index contributed by atoms with van der Waals surface area (Å²) < 4.78 is 1.93. The highest BCUT2D eigenvalue weighted by Crippen LogP contribution is 2.28. The zero-order valence-electron chi connectivity index (χ0n) is 10.9. The first kappa shape index (κ1) is 13.1. The fraction of sp³-hybridized carbons (Fsp3) is 0.308. The summed E-state index contributed by atoms with van der Waals surface area (Å²) in [6, 6.07) is 5.13. The Kier molecular flexibility index (Phi) is 3.79. The predicted molar refractivity (Wildman–Crippen MR) is 73.1 cm³/mol. The molecule has 0 bridgehead atoms. The zero-order chi connectivity index (χ0) is 13.8. The lowest BCUT2D eigenvalue weighted by Crippen LogP contribution is -2.22. The van der Waals surface area contributed by atoms with E-state index >= 15 is 0 Å². The maximum absolute atomic E-state index is 11.0. The topological polar surface area (TPSA) is 73.0 Å². The third kappa shape index (κ3) is 3.09. The Morgan fingerprint density at radius 1 is 1.53 bits per heavy atom. The average Bonchev–Trinajstić information content (AvgIpc) is 2.84. The van der Waals surface area contributed by atoms with Gasteiger partial charge in [-0.3, -0.25) is 10.1 Å². The van der Waals surface area contributed by atoms with Crippen LogP contribution in [0.4, 0.5) is 11.4 Å². The van der Waals surface area contributed by atoms with Crippen LogP contribution >= 0.6 is 0 Å². The molecular weight excluding hydrogens is 244 g/mol. The molecule has 0 radical (unpaired) electrons. The Balaban J connectivity index is 2.16. The molecule has 1 heterocycles. The molecule has 1 aromatic carbocycles. The molecule has 0 saturated carbocycles. The zero-order valence-corrected chi connectivity index (χ0v) is 10.9. The summed E-state index contributed by atoms with van der Waals surface area (Å²) in [4.78, 5) is 14.6. The fourth-order valence-electron chi connectivity index (χ4n) is 2.00. The number of anilines is 1.